The Morgan fingerprint density at radius 1 is 0.919 bits per heavy atom. The van der Waals surface area contributed by atoms with Crippen molar-refractivity contribution in [3.05, 3.63) is 83.4 Å². The van der Waals surface area contributed by atoms with E-state index in [0.717, 1.165) is 12.1 Å². The molecule has 196 valence electrons. The number of rotatable bonds is 8. The summed E-state index contributed by atoms with van der Waals surface area (Å²) in [6.07, 6.45) is -4.76. The standard InChI is InChI=1S/C26H24F3NO6S/c27-26(28,29)22-5-3-20(4-6-22)21-13-19(15-25(31)32)14-23(16-21)36-17-18-1-7-24(8-2-18)37(33,34)30-9-11-35-12-10-30/h1-8,13-14,16H,9-12,15,17H2,(H,31,32). The largest absolute Gasteiger partial charge is 0.489 e. The average molecular weight is 536 g/mol. The molecule has 0 spiro atoms. The minimum Gasteiger partial charge on any atom is -0.489 e. The fraction of sp³-hybridized carbons (Fsp3) is 0.269. The molecule has 0 saturated carbocycles. The summed E-state index contributed by atoms with van der Waals surface area (Å²) >= 11 is 0. The van der Waals surface area contributed by atoms with Gasteiger partial charge in [-0.15, -0.1) is 0 Å². The zero-order valence-electron chi connectivity index (χ0n) is 19.6. The van der Waals surface area contributed by atoms with E-state index < -0.39 is 27.7 Å². The SMILES string of the molecule is O=C(O)Cc1cc(OCc2ccc(S(=O)(=O)N3CCOCC3)cc2)cc(-c2ccc(C(F)(F)F)cc2)c1. The van der Waals surface area contributed by atoms with Gasteiger partial charge < -0.3 is 14.6 Å². The van der Waals surface area contributed by atoms with Crippen molar-refractivity contribution >= 4 is 16.0 Å². The number of aliphatic carboxylic acids is 1. The maximum absolute atomic E-state index is 12.9. The van der Waals surface area contributed by atoms with Crippen LogP contribution in [-0.2, 0) is 38.8 Å². The summed E-state index contributed by atoms with van der Waals surface area (Å²) in [5.41, 5.74) is 1.30. The number of morpholine rings is 1. The van der Waals surface area contributed by atoms with Crippen LogP contribution in [0, 0.1) is 0 Å². The molecule has 1 N–H and O–H groups in total. The zero-order valence-corrected chi connectivity index (χ0v) is 20.4. The predicted molar refractivity (Wildman–Crippen MR) is 129 cm³/mol. The Kier molecular flexibility index (Phi) is 7.86. The first-order valence-corrected chi connectivity index (χ1v) is 12.8. The van der Waals surface area contributed by atoms with Crippen molar-refractivity contribution in [3.8, 4) is 16.9 Å². The Morgan fingerprint density at radius 3 is 2.16 bits per heavy atom. The molecule has 0 radical (unpaired) electrons. The molecule has 1 aliphatic rings. The quantitative estimate of drug-likeness (QED) is 0.453. The van der Waals surface area contributed by atoms with Gasteiger partial charge in [-0.2, -0.15) is 17.5 Å². The van der Waals surface area contributed by atoms with E-state index >= 15 is 0 Å². The highest BCUT2D eigenvalue weighted by Crippen LogP contribution is 2.32. The third-order valence-electron chi connectivity index (χ3n) is 5.80. The third kappa shape index (κ3) is 6.68. The second kappa shape index (κ2) is 10.9. The normalized spacial score (nSPS) is 14.9. The van der Waals surface area contributed by atoms with Gasteiger partial charge in [0, 0.05) is 13.1 Å². The molecule has 1 heterocycles. The summed E-state index contributed by atoms with van der Waals surface area (Å²) < 4.78 is 76.7. The minimum atomic E-state index is -4.46. The molecule has 11 heteroatoms. The van der Waals surface area contributed by atoms with Crippen LogP contribution in [0.4, 0.5) is 13.2 Å². The Labute approximate surface area is 212 Å². The third-order valence-corrected chi connectivity index (χ3v) is 7.72. The van der Waals surface area contributed by atoms with Crippen LogP contribution in [0.1, 0.15) is 16.7 Å². The first-order valence-electron chi connectivity index (χ1n) is 11.4. The molecule has 4 rings (SSSR count). The number of carboxylic acids is 1. The molecule has 37 heavy (non-hydrogen) atoms. The predicted octanol–water partition coefficient (Wildman–Crippen LogP) is 4.60. The Morgan fingerprint density at radius 2 is 1.57 bits per heavy atom. The molecule has 3 aromatic carbocycles. The smallest absolute Gasteiger partial charge is 0.416 e. The van der Waals surface area contributed by atoms with Gasteiger partial charge >= 0.3 is 12.1 Å². The Balaban J connectivity index is 1.52. The van der Waals surface area contributed by atoms with Gasteiger partial charge in [0.25, 0.3) is 0 Å². The molecule has 0 amide bonds. The van der Waals surface area contributed by atoms with E-state index in [1.54, 1.807) is 30.3 Å². The summed E-state index contributed by atoms with van der Waals surface area (Å²) in [5.74, 6) is -0.730. The molecule has 0 atom stereocenters. The van der Waals surface area contributed by atoms with Crippen LogP contribution in [0.3, 0.4) is 0 Å². The summed E-state index contributed by atoms with van der Waals surface area (Å²) in [6, 6.07) is 15.6. The number of benzene rings is 3. The second-order valence-corrected chi connectivity index (χ2v) is 10.4. The van der Waals surface area contributed by atoms with Crippen LogP contribution in [0.2, 0.25) is 0 Å². The van der Waals surface area contributed by atoms with Crippen LogP contribution in [0.15, 0.2) is 71.6 Å². The highest BCUT2D eigenvalue weighted by atomic mass is 32.2. The molecule has 1 fully saturated rings. The maximum Gasteiger partial charge on any atom is 0.416 e. The fourth-order valence-corrected chi connectivity index (χ4v) is 5.31. The molecule has 1 saturated heterocycles. The van der Waals surface area contributed by atoms with Crippen LogP contribution >= 0.6 is 0 Å². The number of carbonyl (C=O) groups is 1. The van der Waals surface area contributed by atoms with Gasteiger partial charge in [0.1, 0.15) is 12.4 Å². The number of hydrogen-bond acceptors (Lipinski definition) is 5. The number of carboxylic acid groups (broad SMARTS) is 1. The second-order valence-electron chi connectivity index (χ2n) is 8.46. The van der Waals surface area contributed by atoms with Crippen LogP contribution < -0.4 is 4.74 Å². The lowest BCUT2D eigenvalue weighted by atomic mass is 10.00. The molecule has 1 aliphatic heterocycles. The number of alkyl halides is 3. The van der Waals surface area contributed by atoms with Crippen LogP contribution in [0.5, 0.6) is 5.75 Å². The average Bonchev–Trinajstić information content (AvgIpc) is 2.87. The summed E-state index contributed by atoms with van der Waals surface area (Å²) in [7, 11) is -3.63. The maximum atomic E-state index is 12.9. The van der Waals surface area contributed by atoms with Crippen molar-refractivity contribution in [2.75, 3.05) is 26.3 Å². The molecule has 0 aromatic heterocycles. The number of ether oxygens (including phenoxy) is 2. The Bertz CT molecular complexity index is 1350. The topological polar surface area (TPSA) is 93.1 Å². The van der Waals surface area contributed by atoms with E-state index in [-0.39, 0.29) is 17.9 Å². The molecular weight excluding hydrogens is 511 g/mol. The summed E-state index contributed by atoms with van der Waals surface area (Å²) in [6.45, 7) is 1.35. The first-order chi connectivity index (χ1) is 17.5. The molecular formula is C26H24F3NO6S. The zero-order chi connectivity index (χ0) is 26.6. The highest BCUT2D eigenvalue weighted by Gasteiger charge is 2.30. The van der Waals surface area contributed by atoms with Crippen molar-refractivity contribution in [2.45, 2.75) is 24.1 Å². The molecule has 0 bridgehead atoms. The lowest BCUT2D eigenvalue weighted by Crippen LogP contribution is -2.40. The van der Waals surface area contributed by atoms with Crippen molar-refractivity contribution in [3.63, 3.8) is 0 Å². The monoisotopic (exact) mass is 535 g/mol. The molecule has 0 unspecified atom stereocenters. The first kappa shape index (κ1) is 26.6. The summed E-state index contributed by atoms with van der Waals surface area (Å²) in [5, 5.41) is 9.21. The van der Waals surface area contributed by atoms with E-state index in [0.29, 0.717) is 54.3 Å². The lowest BCUT2D eigenvalue weighted by molar-refractivity contribution is -0.138. The van der Waals surface area contributed by atoms with Gasteiger partial charge in [-0.1, -0.05) is 30.3 Å². The number of sulfonamides is 1. The molecule has 3 aromatic rings. The number of halogens is 3. The van der Waals surface area contributed by atoms with Gasteiger partial charge in [-0.25, -0.2) is 8.42 Å². The van der Waals surface area contributed by atoms with E-state index in [4.69, 9.17) is 9.47 Å². The van der Waals surface area contributed by atoms with Gasteiger partial charge in [0.2, 0.25) is 10.0 Å². The Hall–Kier alpha value is -3.41. The van der Waals surface area contributed by atoms with Crippen molar-refractivity contribution < 1.29 is 41.0 Å². The van der Waals surface area contributed by atoms with Gasteiger partial charge in [0.15, 0.2) is 0 Å². The van der Waals surface area contributed by atoms with Crippen molar-refractivity contribution in [1.29, 1.82) is 0 Å². The van der Waals surface area contributed by atoms with Gasteiger partial charge in [-0.05, 0) is 58.7 Å². The fourth-order valence-electron chi connectivity index (χ4n) is 3.90. The van der Waals surface area contributed by atoms with Gasteiger partial charge in [-0.3, -0.25) is 4.79 Å². The number of nitrogens with zero attached hydrogens (tertiary/aromatic N) is 1. The van der Waals surface area contributed by atoms with Crippen LogP contribution in [0.25, 0.3) is 11.1 Å². The lowest BCUT2D eigenvalue weighted by Gasteiger charge is -2.26. The van der Waals surface area contributed by atoms with Crippen LogP contribution in [-0.4, -0.2) is 50.1 Å². The van der Waals surface area contributed by atoms with Crippen molar-refractivity contribution in [2.24, 2.45) is 0 Å². The molecule has 7 nitrogen and oxygen atoms in total. The van der Waals surface area contributed by atoms with E-state index in [1.165, 1.54) is 28.6 Å². The minimum absolute atomic E-state index is 0.0703. The van der Waals surface area contributed by atoms with E-state index in [9.17, 15) is 31.5 Å². The highest BCUT2D eigenvalue weighted by molar-refractivity contribution is 7.89. The van der Waals surface area contributed by atoms with Gasteiger partial charge in [0.05, 0.1) is 30.1 Å². The molecule has 0 aliphatic carbocycles. The number of hydrogen-bond donors (Lipinski definition) is 1. The summed E-state index contributed by atoms with van der Waals surface area (Å²) in [4.78, 5) is 11.4. The van der Waals surface area contributed by atoms with E-state index in [1.807, 2.05) is 0 Å². The van der Waals surface area contributed by atoms with Crippen molar-refractivity contribution in [1.82, 2.24) is 4.31 Å². The van der Waals surface area contributed by atoms with E-state index in [2.05, 4.69) is 0 Å².